The Labute approximate surface area is 213 Å². The summed E-state index contributed by atoms with van der Waals surface area (Å²) in [4.78, 5) is 15.4. The third-order valence-corrected chi connectivity index (χ3v) is 6.66. The van der Waals surface area contributed by atoms with Crippen molar-refractivity contribution in [1.29, 1.82) is 0 Å². The van der Waals surface area contributed by atoms with Crippen molar-refractivity contribution in [3.63, 3.8) is 0 Å². The number of hydrogen-bond acceptors (Lipinski definition) is 5. The molecule has 0 saturated heterocycles. The number of carbonyl (C=O) groups excluding carboxylic acids is 1. The molecular weight excluding hydrogens is 454 g/mol. The van der Waals surface area contributed by atoms with E-state index < -0.39 is 0 Å². The summed E-state index contributed by atoms with van der Waals surface area (Å²) in [6.45, 7) is 11.8. The minimum absolute atomic E-state index is 0.0766. The largest absolute Gasteiger partial charge is 0.507 e. The van der Waals surface area contributed by atoms with Crippen LogP contribution in [0.3, 0.4) is 0 Å². The molecule has 7 nitrogen and oxygen atoms in total. The lowest BCUT2D eigenvalue weighted by Crippen LogP contribution is -2.30. The first-order chi connectivity index (χ1) is 17.4. The van der Waals surface area contributed by atoms with Gasteiger partial charge in [-0.1, -0.05) is 38.8 Å². The molecule has 2 aromatic carbocycles. The van der Waals surface area contributed by atoms with Crippen molar-refractivity contribution >= 4 is 5.91 Å². The summed E-state index contributed by atoms with van der Waals surface area (Å²) in [5, 5.41) is 18.4. The van der Waals surface area contributed by atoms with Gasteiger partial charge in [0, 0.05) is 17.7 Å². The minimum Gasteiger partial charge on any atom is -0.507 e. The van der Waals surface area contributed by atoms with Crippen LogP contribution in [-0.4, -0.2) is 45.9 Å². The van der Waals surface area contributed by atoms with Crippen LogP contribution in [-0.2, 0) is 0 Å². The number of unbranched alkanes of at least 4 members (excludes halogenated alkanes) is 2. The monoisotopic (exact) mass is 491 g/mol. The van der Waals surface area contributed by atoms with E-state index in [1.54, 1.807) is 0 Å². The maximum atomic E-state index is 13.5. The summed E-state index contributed by atoms with van der Waals surface area (Å²) in [5.74, 6) is 1.48. The van der Waals surface area contributed by atoms with Crippen LogP contribution in [0.2, 0.25) is 0 Å². The van der Waals surface area contributed by atoms with Crippen LogP contribution in [0.5, 0.6) is 17.2 Å². The van der Waals surface area contributed by atoms with Crippen LogP contribution in [0.15, 0.2) is 30.3 Å². The summed E-state index contributed by atoms with van der Waals surface area (Å²) in [6.07, 6.45) is 3.88. The molecule has 0 bridgehead atoms. The van der Waals surface area contributed by atoms with Crippen molar-refractivity contribution < 1.29 is 19.4 Å². The molecule has 0 spiro atoms. The lowest BCUT2D eigenvalue weighted by molar-refractivity contribution is 0.0741. The number of nitrogens with one attached hydrogen (secondary N) is 1. The van der Waals surface area contributed by atoms with E-state index in [0.29, 0.717) is 48.2 Å². The van der Waals surface area contributed by atoms with Gasteiger partial charge in [0.2, 0.25) is 0 Å². The fourth-order valence-electron chi connectivity index (χ4n) is 4.86. The number of hydrogen-bond donors (Lipinski definition) is 2. The Morgan fingerprint density at radius 3 is 2.53 bits per heavy atom. The second-order valence-electron chi connectivity index (χ2n) is 9.43. The standard InChI is InChI=1S/C29H37N3O4/c1-6-9-13-32-27(20-11-12-22(36-14-10-7-2)23(17-20)35-8-3)24-25(30-31-26(24)29(32)34)21-16-18(4)15-19(5)28(21)33/h11-12,15-17,27,33H,6-10,13-14H2,1-5H3,(H,30,31). The first-order valence-corrected chi connectivity index (χ1v) is 13.0. The highest BCUT2D eigenvalue weighted by Gasteiger charge is 2.42. The molecule has 1 atom stereocenters. The molecule has 36 heavy (non-hydrogen) atoms. The SMILES string of the molecule is CCCCOc1ccc(C2c3c(-c4cc(C)cc(C)c4O)n[nH]c3C(=O)N2CCCC)cc1OCC. The molecule has 1 amide bonds. The third kappa shape index (κ3) is 4.79. The summed E-state index contributed by atoms with van der Waals surface area (Å²) >= 11 is 0. The lowest BCUT2D eigenvalue weighted by Gasteiger charge is -2.27. The smallest absolute Gasteiger partial charge is 0.273 e. The molecule has 1 aliphatic heterocycles. The Morgan fingerprint density at radius 1 is 1.03 bits per heavy atom. The Morgan fingerprint density at radius 2 is 1.81 bits per heavy atom. The maximum Gasteiger partial charge on any atom is 0.273 e. The number of phenolic OH excluding ortho intramolecular Hbond substituents is 1. The molecule has 192 valence electrons. The number of benzene rings is 2. The van der Waals surface area contributed by atoms with E-state index in [9.17, 15) is 9.90 Å². The molecule has 1 unspecified atom stereocenters. The zero-order chi connectivity index (χ0) is 25.8. The van der Waals surface area contributed by atoms with Crippen LogP contribution < -0.4 is 9.47 Å². The van der Waals surface area contributed by atoms with Crippen LogP contribution in [0.1, 0.15) is 85.2 Å². The van der Waals surface area contributed by atoms with E-state index in [1.807, 2.05) is 56.0 Å². The number of carbonyl (C=O) groups is 1. The highest BCUT2D eigenvalue weighted by molar-refractivity contribution is 6.00. The molecule has 3 aromatic rings. The predicted molar refractivity (Wildman–Crippen MR) is 141 cm³/mol. The lowest BCUT2D eigenvalue weighted by atomic mass is 9.93. The van der Waals surface area contributed by atoms with E-state index >= 15 is 0 Å². The highest BCUT2D eigenvalue weighted by atomic mass is 16.5. The Kier molecular flexibility index (Phi) is 7.87. The zero-order valence-electron chi connectivity index (χ0n) is 22.0. The maximum absolute atomic E-state index is 13.5. The summed E-state index contributed by atoms with van der Waals surface area (Å²) < 4.78 is 11.9. The minimum atomic E-state index is -0.350. The van der Waals surface area contributed by atoms with Gasteiger partial charge in [0.25, 0.3) is 5.91 Å². The van der Waals surface area contributed by atoms with Gasteiger partial charge in [-0.15, -0.1) is 0 Å². The van der Waals surface area contributed by atoms with E-state index in [1.165, 1.54) is 0 Å². The quantitative estimate of drug-likeness (QED) is 0.306. The van der Waals surface area contributed by atoms with E-state index in [-0.39, 0.29) is 17.7 Å². The summed E-state index contributed by atoms with van der Waals surface area (Å²) in [7, 11) is 0. The average molecular weight is 492 g/mol. The van der Waals surface area contributed by atoms with E-state index in [2.05, 4.69) is 24.0 Å². The van der Waals surface area contributed by atoms with Crippen molar-refractivity contribution in [2.75, 3.05) is 19.8 Å². The molecule has 1 aromatic heterocycles. The van der Waals surface area contributed by atoms with Gasteiger partial charge in [0.1, 0.15) is 17.1 Å². The first-order valence-electron chi connectivity index (χ1n) is 13.0. The molecule has 2 N–H and O–H groups in total. The van der Waals surface area contributed by atoms with Crippen molar-refractivity contribution in [3.8, 4) is 28.5 Å². The molecule has 0 aliphatic carbocycles. The normalized spacial score (nSPS) is 14.9. The number of H-pyrrole nitrogens is 1. The van der Waals surface area contributed by atoms with Gasteiger partial charge in [0.05, 0.1) is 19.3 Å². The second kappa shape index (κ2) is 11.1. The summed E-state index contributed by atoms with van der Waals surface area (Å²) in [5.41, 5.74) is 5.23. The fourth-order valence-corrected chi connectivity index (χ4v) is 4.86. The van der Waals surface area contributed by atoms with Crippen LogP contribution >= 0.6 is 0 Å². The molecule has 0 saturated carbocycles. The molecule has 0 radical (unpaired) electrons. The molecule has 7 heteroatoms. The van der Waals surface area contributed by atoms with Gasteiger partial charge >= 0.3 is 0 Å². The second-order valence-corrected chi connectivity index (χ2v) is 9.43. The Hall–Kier alpha value is -3.48. The number of amides is 1. The number of aryl methyl sites for hydroxylation is 2. The molecule has 0 fully saturated rings. The number of aromatic nitrogens is 2. The van der Waals surface area contributed by atoms with Gasteiger partial charge in [-0.25, -0.2) is 0 Å². The van der Waals surface area contributed by atoms with Crippen LogP contribution in [0, 0.1) is 13.8 Å². The molecule has 4 rings (SSSR count). The first kappa shape index (κ1) is 25.6. The summed E-state index contributed by atoms with van der Waals surface area (Å²) in [6, 6.07) is 9.43. The predicted octanol–water partition coefficient (Wildman–Crippen LogP) is 6.32. The third-order valence-electron chi connectivity index (χ3n) is 6.66. The van der Waals surface area contributed by atoms with E-state index in [0.717, 1.165) is 47.9 Å². The highest BCUT2D eigenvalue weighted by Crippen LogP contribution is 2.46. The number of aromatic hydroxyl groups is 1. The van der Waals surface area contributed by atoms with Gasteiger partial charge in [0.15, 0.2) is 11.5 Å². The number of rotatable bonds is 11. The fraction of sp³-hybridized carbons (Fsp3) is 0.448. The van der Waals surface area contributed by atoms with E-state index in [4.69, 9.17) is 9.47 Å². The number of ether oxygens (including phenoxy) is 2. The number of fused-ring (bicyclic) bond motifs is 1. The Bertz CT molecular complexity index is 1230. The van der Waals surface area contributed by atoms with Crippen molar-refractivity contribution in [2.45, 2.75) is 66.3 Å². The number of nitrogens with zero attached hydrogens (tertiary/aromatic N) is 2. The topological polar surface area (TPSA) is 87.7 Å². The molecular formula is C29H37N3O4. The Balaban J connectivity index is 1.84. The van der Waals surface area contributed by atoms with Crippen LogP contribution in [0.4, 0.5) is 0 Å². The van der Waals surface area contributed by atoms with Gasteiger partial charge < -0.3 is 19.5 Å². The van der Waals surface area contributed by atoms with Gasteiger partial charge in [-0.3, -0.25) is 9.89 Å². The molecule has 1 aliphatic rings. The van der Waals surface area contributed by atoms with Gasteiger partial charge in [-0.2, -0.15) is 5.10 Å². The van der Waals surface area contributed by atoms with Crippen LogP contribution in [0.25, 0.3) is 11.3 Å². The van der Waals surface area contributed by atoms with Crippen molar-refractivity contribution in [2.24, 2.45) is 0 Å². The number of aromatic amines is 1. The zero-order valence-corrected chi connectivity index (χ0v) is 22.0. The average Bonchev–Trinajstić information content (AvgIpc) is 3.40. The van der Waals surface area contributed by atoms with Gasteiger partial charge in [-0.05, 0) is 68.5 Å². The van der Waals surface area contributed by atoms with Crippen molar-refractivity contribution in [3.05, 3.63) is 58.3 Å². The number of phenols is 1. The van der Waals surface area contributed by atoms with Crippen molar-refractivity contribution in [1.82, 2.24) is 15.1 Å². The molecule has 2 heterocycles.